The van der Waals surface area contributed by atoms with Crippen molar-refractivity contribution in [3.05, 3.63) is 39.5 Å². The third-order valence-corrected chi connectivity index (χ3v) is 5.02. The zero-order chi connectivity index (χ0) is 15.0. The highest BCUT2D eigenvalue weighted by Gasteiger charge is 2.22. The molecule has 0 bridgehead atoms. The third kappa shape index (κ3) is 2.35. The highest BCUT2D eigenvalue weighted by atomic mass is 32.1. The lowest BCUT2D eigenvalue weighted by molar-refractivity contribution is 0.101. The maximum absolute atomic E-state index is 12.4. The summed E-state index contributed by atoms with van der Waals surface area (Å²) in [7, 11) is 1.86. The summed E-state index contributed by atoms with van der Waals surface area (Å²) in [5.74, 6) is -0.173. The molecule has 0 atom stereocenters. The van der Waals surface area contributed by atoms with E-state index in [9.17, 15) is 10.1 Å². The molecule has 0 spiro atoms. The number of thiophene rings is 1. The predicted molar refractivity (Wildman–Crippen MR) is 82.5 cm³/mol. The van der Waals surface area contributed by atoms with Gasteiger partial charge < -0.3 is 15.2 Å². The predicted octanol–water partition coefficient (Wildman–Crippen LogP) is 2.16. The molecule has 21 heavy (non-hydrogen) atoms. The minimum absolute atomic E-state index is 0.173. The van der Waals surface area contributed by atoms with E-state index in [1.54, 1.807) is 6.07 Å². The number of fused-ring (bicyclic) bond motifs is 1. The van der Waals surface area contributed by atoms with Crippen molar-refractivity contribution in [2.75, 3.05) is 11.9 Å². The number of carbonyl (C=O) groups excluding carboxylic acids is 1. The Morgan fingerprint density at radius 1 is 1.52 bits per heavy atom. The van der Waals surface area contributed by atoms with Crippen LogP contribution in [-0.2, 0) is 20.0 Å². The van der Waals surface area contributed by atoms with Gasteiger partial charge in [0, 0.05) is 24.2 Å². The van der Waals surface area contributed by atoms with Gasteiger partial charge in [-0.3, -0.25) is 4.79 Å². The van der Waals surface area contributed by atoms with Gasteiger partial charge in [-0.05, 0) is 37.6 Å². The fourth-order valence-electron chi connectivity index (χ4n) is 2.55. The van der Waals surface area contributed by atoms with Gasteiger partial charge in [0.2, 0.25) is 0 Å². The van der Waals surface area contributed by atoms with Crippen LogP contribution in [0.5, 0.6) is 0 Å². The number of anilines is 1. The van der Waals surface area contributed by atoms with Crippen molar-refractivity contribution in [3.8, 4) is 6.07 Å². The van der Waals surface area contributed by atoms with Crippen molar-refractivity contribution in [2.45, 2.75) is 19.9 Å². The van der Waals surface area contributed by atoms with E-state index in [-0.39, 0.29) is 5.91 Å². The number of amides is 1. The maximum atomic E-state index is 12.4. The molecule has 0 saturated carbocycles. The average Bonchev–Trinajstić information content (AvgIpc) is 2.99. The van der Waals surface area contributed by atoms with Gasteiger partial charge >= 0.3 is 0 Å². The first-order valence-electron chi connectivity index (χ1n) is 6.81. The third-order valence-electron chi connectivity index (χ3n) is 3.87. The minimum atomic E-state index is -0.173. The van der Waals surface area contributed by atoms with E-state index in [4.69, 9.17) is 0 Å². The first-order valence-corrected chi connectivity index (χ1v) is 7.62. The molecule has 3 rings (SSSR count). The molecule has 2 aromatic heterocycles. The highest BCUT2D eigenvalue weighted by Crippen LogP contribution is 2.35. The quantitative estimate of drug-likeness (QED) is 0.893. The van der Waals surface area contributed by atoms with Crippen LogP contribution in [0.15, 0.2) is 12.1 Å². The summed E-state index contributed by atoms with van der Waals surface area (Å²) < 4.78 is 1.84. The van der Waals surface area contributed by atoms with Crippen molar-refractivity contribution in [2.24, 2.45) is 7.05 Å². The van der Waals surface area contributed by atoms with Crippen molar-refractivity contribution in [1.29, 1.82) is 5.26 Å². The second-order valence-corrected chi connectivity index (χ2v) is 6.22. The molecular formula is C15H16N4OS. The van der Waals surface area contributed by atoms with E-state index in [0.29, 0.717) is 16.3 Å². The summed E-state index contributed by atoms with van der Waals surface area (Å²) in [5, 5.41) is 16.2. The molecule has 5 nitrogen and oxygen atoms in total. The van der Waals surface area contributed by atoms with Crippen molar-refractivity contribution < 1.29 is 4.79 Å². The Hall–Kier alpha value is -2.10. The normalized spacial score (nSPS) is 13.6. The Bertz CT molecular complexity index is 751. The fraction of sp³-hybridized carbons (Fsp3) is 0.333. The molecule has 1 aliphatic heterocycles. The summed E-state index contributed by atoms with van der Waals surface area (Å²) in [5.41, 5.74) is 3.33. The first kappa shape index (κ1) is 13.9. The van der Waals surface area contributed by atoms with Crippen LogP contribution in [0.4, 0.5) is 5.00 Å². The van der Waals surface area contributed by atoms with Gasteiger partial charge in [0.25, 0.3) is 5.91 Å². The molecule has 2 N–H and O–H groups in total. The van der Waals surface area contributed by atoms with E-state index >= 15 is 0 Å². The lowest BCUT2D eigenvalue weighted by Crippen LogP contribution is -2.22. The second-order valence-electron chi connectivity index (χ2n) is 5.12. The molecule has 0 saturated heterocycles. The van der Waals surface area contributed by atoms with Crippen LogP contribution in [0.25, 0.3) is 0 Å². The van der Waals surface area contributed by atoms with E-state index < -0.39 is 0 Å². The molecule has 0 fully saturated rings. The zero-order valence-corrected chi connectivity index (χ0v) is 12.8. The van der Waals surface area contributed by atoms with Crippen molar-refractivity contribution >= 4 is 22.2 Å². The van der Waals surface area contributed by atoms with Crippen LogP contribution in [-0.4, -0.2) is 17.0 Å². The smallest absolute Gasteiger partial charge is 0.272 e. The number of rotatable bonds is 2. The van der Waals surface area contributed by atoms with Gasteiger partial charge in [-0.2, -0.15) is 5.26 Å². The Morgan fingerprint density at radius 2 is 2.33 bits per heavy atom. The van der Waals surface area contributed by atoms with Crippen LogP contribution < -0.4 is 10.6 Å². The first-order chi connectivity index (χ1) is 10.1. The van der Waals surface area contributed by atoms with E-state index in [1.165, 1.54) is 11.3 Å². The molecule has 1 aliphatic rings. The Kier molecular flexibility index (Phi) is 3.53. The standard InChI is InChI=1S/C15H16N4OS/c1-9-3-4-12(19(9)2)14(20)18-15-11(7-16)10-5-6-17-8-13(10)21-15/h3-4,17H,5-6,8H2,1-2H3,(H,18,20). The number of hydrogen-bond donors (Lipinski definition) is 2. The molecule has 0 aromatic carbocycles. The molecule has 2 aromatic rings. The molecule has 3 heterocycles. The van der Waals surface area contributed by atoms with Crippen LogP contribution in [0.2, 0.25) is 0 Å². The second kappa shape index (κ2) is 5.35. The lowest BCUT2D eigenvalue weighted by Gasteiger charge is -2.11. The molecule has 108 valence electrons. The Balaban J connectivity index is 1.92. The monoisotopic (exact) mass is 300 g/mol. The molecule has 0 aliphatic carbocycles. The SMILES string of the molecule is Cc1ccc(C(=O)Nc2sc3c(c2C#N)CCNC3)n1C. The number of nitrogens with one attached hydrogen (secondary N) is 2. The Labute approximate surface area is 127 Å². The number of carbonyl (C=O) groups is 1. The summed E-state index contributed by atoms with van der Waals surface area (Å²) >= 11 is 1.50. The van der Waals surface area contributed by atoms with Crippen molar-refractivity contribution in [1.82, 2.24) is 9.88 Å². The molecule has 0 unspecified atom stereocenters. The summed E-state index contributed by atoms with van der Waals surface area (Å²) in [6.07, 6.45) is 0.841. The van der Waals surface area contributed by atoms with Crippen LogP contribution >= 0.6 is 11.3 Å². The maximum Gasteiger partial charge on any atom is 0.272 e. The Morgan fingerprint density at radius 3 is 3.00 bits per heavy atom. The van der Waals surface area contributed by atoms with Gasteiger partial charge in [-0.1, -0.05) is 0 Å². The van der Waals surface area contributed by atoms with E-state index in [1.807, 2.05) is 24.6 Å². The largest absolute Gasteiger partial charge is 0.344 e. The van der Waals surface area contributed by atoms with E-state index in [2.05, 4.69) is 16.7 Å². The van der Waals surface area contributed by atoms with Gasteiger partial charge in [0.1, 0.15) is 16.8 Å². The lowest BCUT2D eigenvalue weighted by atomic mass is 10.1. The minimum Gasteiger partial charge on any atom is -0.344 e. The molecule has 6 heteroatoms. The van der Waals surface area contributed by atoms with Gasteiger partial charge in [-0.25, -0.2) is 0 Å². The molecule has 0 radical (unpaired) electrons. The van der Waals surface area contributed by atoms with Gasteiger partial charge in [0.15, 0.2) is 0 Å². The van der Waals surface area contributed by atoms with E-state index in [0.717, 1.165) is 35.6 Å². The number of aryl methyl sites for hydroxylation is 1. The summed E-state index contributed by atoms with van der Waals surface area (Å²) in [6.45, 7) is 3.60. The topological polar surface area (TPSA) is 69.8 Å². The van der Waals surface area contributed by atoms with Gasteiger partial charge in [0.05, 0.1) is 5.56 Å². The van der Waals surface area contributed by atoms with Crippen molar-refractivity contribution in [3.63, 3.8) is 0 Å². The van der Waals surface area contributed by atoms with Crippen LogP contribution in [0, 0.1) is 18.3 Å². The molecular weight excluding hydrogens is 284 g/mol. The summed E-state index contributed by atoms with van der Waals surface area (Å²) in [6, 6.07) is 5.95. The number of nitriles is 1. The molecule has 1 amide bonds. The zero-order valence-electron chi connectivity index (χ0n) is 12.0. The highest BCUT2D eigenvalue weighted by molar-refractivity contribution is 7.16. The fourth-order valence-corrected chi connectivity index (χ4v) is 3.71. The summed E-state index contributed by atoms with van der Waals surface area (Å²) in [4.78, 5) is 13.5. The van der Waals surface area contributed by atoms with Crippen LogP contribution in [0.1, 0.15) is 32.2 Å². The number of hydrogen-bond acceptors (Lipinski definition) is 4. The van der Waals surface area contributed by atoms with Crippen LogP contribution in [0.3, 0.4) is 0 Å². The number of aromatic nitrogens is 1. The van der Waals surface area contributed by atoms with Gasteiger partial charge in [-0.15, -0.1) is 11.3 Å². The number of nitrogens with zero attached hydrogens (tertiary/aromatic N) is 2. The average molecular weight is 300 g/mol.